The number of likely N-dealkylation sites (N-methyl/N-ethyl adjacent to an activating group) is 1. The van der Waals surface area contributed by atoms with E-state index in [9.17, 15) is 4.79 Å². The summed E-state index contributed by atoms with van der Waals surface area (Å²) in [6.45, 7) is 5.09. The average molecular weight is 240 g/mol. The second kappa shape index (κ2) is 5.80. The molecule has 0 aromatic heterocycles. The minimum absolute atomic E-state index is 0.175. The summed E-state index contributed by atoms with van der Waals surface area (Å²) >= 11 is 0. The van der Waals surface area contributed by atoms with Crippen LogP contribution in [0.2, 0.25) is 0 Å². The molecule has 5 nitrogen and oxygen atoms in total. The topological polar surface area (TPSA) is 61.6 Å². The van der Waals surface area contributed by atoms with Gasteiger partial charge in [0.1, 0.15) is 0 Å². The van der Waals surface area contributed by atoms with Crippen LogP contribution in [-0.2, 0) is 4.79 Å². The van der Waals surface area contributed by atoms with Crippen molar-refractivity contribution in [3.8, 4) is 0 Å². The maximum absolute atomic E-state index is 11.4. The van der Waals surface area contributed by atoms with E-state index in [0.717, 1.165) is 32.7 Å². The molecule has 3 N–H and O–H groups in total. The molecule has 0 radical (unpaired) electrons. The first-order valence-electron chi connectivity index (χ1n) is 6.61. The first-order chi connectivity index (χ1) is 8.15. The van der Waals surface area contributed by atoms with Crippen molar-refractivity contribution in [2.75, 3.05) is 39.8 Å². The van der Waals surface area contributed by atoms with Gasteiger partial charge in [-0.3, -0.25) is 9.69 Å². The molecule has 1 aliphatic heterocycles. The molecule has 1 saturated heterocycles. The van der Waals surface area contributed by atoms with Gasteiger partial charge in [0, 0.05) is 25.7 Å². The fraction of sp³-hybridized carbons (Fsp3) is 0.917. The lowest BCUT2D eigenvalue weighted by atomic mass is 10.2. The number of primary amides is 1. The van der Waals surface area contributed by atoms with E-state index in [1.807, 2.05) is 0 Å². The Kier molecular flexibility index (Phi) is 4.36. The highest BCUT2D eigenvalue weighted by molar-refractivity contribution is 5.80. The Balaban J connectivity index is 1.81. The maximum Gasteiger partial charge on any atom is 0.235 e. The Hall–Kier alpha value is -0.650. The van der Waals surface area contributed by atoms with Crippen molar-refractivity contribution in [2.24, 2.45) is 5.73 Å². The van der Waals surface area contributed by atoms with E-state index in [1.165, 1.54) is 19.3 Å². The van der Waals surface area contributed by atoms with Crippen molar-refractivity contribution in [3.63, 3.8) is 0 Å². The molecule has 1 heterocycles. The molecule has 0 bridgehead atoms. The van der Waals surface area contributed by atoms with Crippen molar-refractivity contribution < 1.29 is 4.79 Å². The number of nitrogens with one attached hydrogen (secondary N) is 1. The van der Waals surface area contributed by atoms with Gasteiger partial charge in [-0.1, -0.05) is 0 Å². The number of hydrogen-bond donors (Lipinski definition) is 2. The van der Waals surface area contributed by atoms with Gasteiger partial charge in [0.25, 0.3) is 0 Å². The number of carbonyl (C=O) groups excluding carboxylic acids is 1. The zero-order valence-corrected chi connectivity index (χ0v) is 10.7. The van der Waals surface area contributed by atoms with Gasteiger partial charge in [0.2, 0.25) is 5.91 Å². The second-order valence-corrected chi connectivity index (χ2v) is 5.35. The van der Waals surface area contributed by atoms with Crippen LogP contribution in [0.25, 0.3) is 0 Å². The standard InChI is InChI=1S/C12H24N4O/c1-15-5-2-6-16(8-7-15)9-11(12(13)17)14-10-3-4-10/h10-11,14H,2-9H2,1H3,(H2,13,17). The van der Waals surface area contributed by atoms with Gasteiger partial charge in [0.05, 0.1) is 6.04 Å². The molecule has 0 spiro atoms. The SMILES string of the molecule is CN1CCCN(CC(NC2CC2)C(N)=O)CC1. The lowest BCUT2D eigenvalue weighted by molar-refractivity contribution is -0.120. The molecule has 1 saturated carbocycles. The minimum Gasteiger partial charge on any atom is -0.368 e. The maximum atomic E-state index is 11.4. The van der Waals surface area contributed by atoms with Gasteiger partial charge in [-0.25, -0.2) is 0 Å². The van der Waals surface area contributed by atoms with Crippen molar-refractivity contribution in [2.45, 2.75) is 31.3 Å². The van der Waals surface area contributed by atoms with E-state index in [4.69, 9.17) is 5.73 Å². The van der Waals surface area contributed by atoms with Crippen molar-refractivity contribution in [3.05, 3.63) is 0 Å². The van der Waals surface area contributed by atoms with Crippen LogP contribution >= 0.6 is 0 Å². The molecule has 0 aromatic rings. The molecule has 1 aliphatic carbocycles. The number of nitrogens with zero attached hydrogens (tertiary/aromatic N) is 2. The van der Waals surface area contributed by atoms with Gasteiger partial charge < -0.3 is 16.0 Å². The van der Waals surface area contributed by atoms with Crippen LogP contribution in [0.1, 0.15) is 19.3 Å². The molecule has 17 heavy (non-hydrogen) atoms. The second-order valence-electron chi connectivity index (χ2n) is 5.35. The summed E-state index contributed by atoms with van der Waals surface area (Å²) in [5, 5.41) is 3.34. The molecule has 5 heteroatoms. The van der Waals surface area contributed by atoms with Crippen LogP contribution in [-0.4, -0.2) is 67.6 Å². The molecule has 1 amide bonds. The number of carbonyl (C=O) groups is 1. The zero-order chi connectivity index (χ0) is 12.3. The van der Waals surface area contributed by atoms with Crippen LogP contribution < -0.4 is 11.1 Å². The highest BCUT2D eigenvalue weighted by Gasteiger charge is 2.28. The van der Waals surface area contributed by atoms with Crippen molar-refractivity contribution >= 4 is 5.91 Å². The molecule has 1 unspecified atom stereocenters. The fourth-order valence-electron chi connectivity index (χ4n) is 2.30. The smallest absolute Gasteiger partial charge is 0.235 e. The Bertz CT molecular complexity index is 267. The highest BCUT2D eigenvalue weighted by atomic mass is 16.1. The fourth-order valence-corrected chi connectivity index (χ4v) is 2.30. The predicted molar refractivity (Wildman–Crippen MR) is 67.7 cm³/mol. The van der Waals surface area contributed by atoms with E-state index in [1.54, 1.807) is 0 Å². The normalized spacial score (nSPS) is 25.5. The van der Waals surface area contributed by atoms with Gasteiger partial charge in [-0.05, 0) is 39.4 Å². The molecule has 0 aromatic carbocycles. The summed E-state index contributed by atoms with van der Waals surface area (Å²) in [5.41, 5.74) is 5.46. The third-order valence-corrected chi connectivity index (χ3v) is 3.61. The third-order valence-electron chi connectivity index (χ3n) is 3.61. The van der Waals surface area contributed by atoms with E-state index >= 15 is 0 Å². The molecule has 98 valence electrons. The Morgan fingerprint density at radius 3 is 2.76 bits per heavy atom. The summed E-state index contributed by atoms with van der Waals surface area (Å²) in [7, 11) is 2.15. The number of amides is 1. The quantitative estimate of drug-likeness (QED) is 0.662. The largest absolute Gasteiger partial charge is 0.368 e. The first kappa shape index (κ1) is 12.8. The molecular formula is C12H24N4O. The Morgan fingerprint density at radius 1 is 1.35 bits per heavy atom. The molecule has 2 aliphatic rings. The molecule has 1 atom stereocenters. The van der Waals surface area contributed by atoms with E-state index in [2.05, 4.69) is 22.2 Å². The molecular weight excluding hydrogens is 216 g/mol. The van der Waals surface area contributed by atoms with Gasteiger partial charge in [-0.2, -0.15) is 0 Å². The predicted octanol–water partition coefficient (Wildman–Crippen LogP) is -0.770. The summed E-state index contributed by atoms with van der Waals surface area (Å²) in [6, 6.07) is 0.355. The molecule has 2 fully saturated rings. The summed E-state index contributed by atoms with van der Waals surface area (Å²) in [4.78, 5) is 16.1. The van der Waals surface area contributed by atoms with Gasteiger partial charge >= 0.3 is 0 Å². The zero-order valence-electron chi connectivity index (χ0n) is 10.7. The minimum atomic E-state index is -0.213. The first-order valence-corrected chi connectivity index (χ1v) is 6.61. The van der Waals surface area contributed by atoms with Crippen LogP contribution in [0.15, 0.2) is 0 Å². The Morgan fingerprint density at radius 2 is 2.12 bits per heavy atom. The summed E-state index contributed by atoms with van der Waals surface area (Å²) in [6.07, 6.45) is 3.55. The third kappa shape index (κ3) is 4.26. The van der Waals surface area contributed by atoms with E-state index < -0.39 is 0 Å². The van der Waals surface area contributed by atoms with Crippen LogP contribution in [0.4, 0.5) is 0 Å². The van der Waals surface area contributed by atoms with E-state index in [-0.39, 0.29) is 11.9 Å². The monoisotopic (exact) mass is 240 g/mol. The summed E-state index contributed by atoms with van der Waals surface area (Å²) < 4.78 is 0. The van der Waals surface area contributed by atoms with Gasteiger partial charge in [-0.15, -0.1) is 0 Å². The van der Waals surface area contributed by atoms with Gasteiger partial charge in [0.15, 0.2) is 0 Å². The lowest BCUT2D eigenvalue weighted by Gasteiger charge is -2.25. The van der Waals surface area contributed by atoms with Crippen LogP contribution in [0.5, 0.6) is 0 Å². The van der Waals surface area contributed by atoms with Crippen LogP contribution in [0, 0.1) is 0 Å². The summed E-state index contributed by atoms with van der Waals surface area (Å²) in [5.74, 6) is -0.213. The molecule has 2 rings (SSSR count). The number of hydrogen-bond acceptors (Lipinski definition) is 4. The van der Waals surface area contributed by atoms with Crippen molar-refractivity contribution in [1.82, 2.24) is 15.1 Å². The average Bonchev–Trinajstić information content (AvgIpc) is 3.07. The van der Waals surface area contributed by atoms with Crippen molar-refractivity contribution in [1.29, 1.82) is 0 Å². The number of nitrogens with two attached hydrogens (primary N) is 1. The number of rotatable bonds is 5. The Labute approximate surface area is 103 Å². The highest BCUT2D eigenvalue weighted by Crippen LogP contribution is 2.19. The van der Waals surface area contributed by atoms with Crippen LogP contribution in [0.3, 0.4) is 0 Å². The lowest BCUT2D eigenvalue weighted by Crippen LogP contribution is -2.50. The van der Waals surface area contributed by atoms with E-state index in [0.29, 0.717) is 6.04 Å².